The van der Waals surface area contributed by atoms with Gasteiger partial charge in [-0.25, -0.2) is 0 Å². The van der Waals surface area contributed by atoms with Crippen molar-refractivity contribution in [3.05, 3.63) is 28.8 Å². The van der Waals surface area contributed by atoms with E-state index in [-0.39, 0.29) is 18.4 Å². The first-order chi connectivity index (χ1) is 9.02. The van der Waals surface area contributed by atoms with E-state index in [1.807, 2.05) is 19.9 Å². The van der Waals surface area contributed by atoms with E-state index in [0.29, 0.717) is 17.1 Å². The predicted octanol–water partition coefficient (Wildman–Crippen LogP) is 2.89. The second-order valence-corrected chi connectivity index (χ2v) is 4.80. The van der Waals surface area contributed by atoms with E-state index in [1.54, 1.807) is 12.1 Å². The van der Waals surface area contributed by atoms with Crippen LogP contribution in [0.2, 0.25) is 5.02 Å². The molecule has 1 aromatic carbocycles. The molecule has 0 saturated carbocycles. The second-order valence-electron chi connectivity index (χ2n) is 4.39. The highest BCUT2D eigenvalue weighted by Crippen LogP contribution is 2.19. The number of carbonyl (C=O) groups is 2. The monoisotopic (exact) mass is 282 g/mol. The quantitative estimate of drug-likeness (QED) is 0.843. The lowest BCUT2D eigenvalue weighted by Crippen LogP contribution is -2.32. The third-order valence-corrected chi connectivity index (χ3v) is 3.07. The van der Waals surface area contributed by atoms with E-state index in [4.69, 9.17) is 11.6 Å². The SMILES string of the molecule is CCCCC(=O)NCC(=O)Nc1ccc(C)c(Cl)c1. The van der Waals surface area contributed by atoms with Crippen molar-refractivity contribution in [2.45, 2.75) is 33.1 Å². The molecule has 2 N–H and O–H groups in total. The molecule has 1 aromatic rings. The van der Waals surface area contributed by atoms with Gasteiger partial charge in [0.1, 0.15) is 0 Å². The number of amides is 2. The average Bonchev–Trinajstić information content (AvgIpc) is 2.38. The Hall–Kier alpha value is -1.55. The summed E-state index contributed by atoms with van der Waals surface area (Å²) in [6.07, 6.45) is 2.25. The number of anilines is 1. The van der Waals surface area contributed by atoms with E-state index in [2.05, 4.69) is 10.6 Å². The van der Waals surface area contributed by atoms with Crippen molar-refractivity contribution < 1.29 is 9.59 Å². The zero-order valence-corrected chi connectivity index (χ0v) is 12.0. The normalized spacial score (nSPS) is 10.1. The molecule has 0 bridgehead atoms. The molecule has 0 heterocycles. The lowest BCUT2D eigenvalue weighted by atomic mass is 10.2. The van der Waals surface area contributed by atoms with Crippen molar-refractivity contribution in [2.24, 2.45) is 0 Å². The Morgan fingerprint density at radius 3 is 2.63 bits per heavy atom. The highest BCUT2D eigenvalue weighted by molar-refractivity contribution is 6.31. The summed E-state index contributed by atoms with van der Waals surface area (Å²) in [4.78, 5) is 23.0. The van der Waals surface area contributed by atoms with E-state index in [0.717, 1.165) is 18.4 Å². The van der Waals surface area contributed by atoms with Gasteiger partial charge in [0, 0.05) is 17.1 Å². The summed E-state index contributed by atoms with van der Waals surface area (Å²) >= 11 is 5.96. The molecule has 0 spiro atoms. The minimum absolute atomic E-state index is 0.0198. The largest absolute Gasteiger partial charge is 0.347 e. The summed E-state index contributed by atoms with van der Waals surface area (Å²) in [6, 6.07) is 5.30. The molecule has 19 heavy (non-hydrogen) atoms. The number of unbranched alkanes of at least 4 members (excludes halogenated alkanes) is 1. The first-order valence-corrected chi connectivity index (χ1v) is 6.73. The number of aryl methyl sites for hydroxylation is 1. The molecule has 0 atom stereocenters. The second kappa shape index (κ2) is 7.79. The van der Waals surface area contributed by atoms with Crippen molar-refractivity contribution in [1.29, 1.82) is 0 Å². The molecule has 0 fully saturated rings. The molecule has 4 nitrogen and oxygen atoms in total. The average molecular weight is 283 g/mol. The van der Waals surface area contributed by atoms with Gasteiger partial charge in [-0.05, 0) is 31.0 Å². The molecule has 0 aromatic heterocycles. The van der Waals surface area contributed by atoms with Crippen LogP contribution in [-0.2, 0) is 9.59 Å². The van der Waals surface area contributed by atoms with Crippen LogP contribution >= 0.6 is 11.6 Å². The van der Waals surface area contributed by atoms with E-state index in [9.17, 15) is 9.59 Å². The van der Waals surface area contributed by atoms with Gasteiger partial charge in [0.15, 0.2) is 0 Å². The predicted molar refractivity (Wildman–Crippen MR) is 77.4 cm³/mol. The Balaban J connectivity index is 2.38. The Labute approximate surface area is 118 Å². The number of carbonyl (C=O) groups excluding carboxylic acids is 2. The van der Waals surface area contributed by atoms with Gasteiger partial charge in [0.2, 0.25) is 11.8 Å². The molecular weight excluding hydrogens is 264 g/mol. The molecule has 2 amide bonds. The Morgan fingerprint density at radius 2 is 2.00 bits per heavy atom. The first-order valence-electron chi connectivity index (χ1n) is 6.35. The number of nitrogens with one attached hydrogen (secondary N) is 2. The van der Waals surface area contributed by atoms with Gasteiger partial charge < -0.3 is 10.6 Å². The fourth-order valence-electron chi connectivity index (χ4n) is 1.48. The molecule has 0 aliphatic carbocycles. The van der Waals surface area contributed by atoms with Crippen LogP contribution in [0.4, 0.5) is 5.69 Å². The van der Waals surface area contributed by atoms with Crippen molar-refractivity contribution >= 4 is 29.1 Å². The van der Waals surface area contributed by atoms with Crippen LogP contribution in [0.5, 0.6) is 0 Å². The molecule has 104 valence electrons. The van der Waals surface area contributed by atoms with Crippen molar-refractivity contribution in [3.8, 4) is 0 Å². The smallest absolute Gasteiger partial charge is 0.243 e. The highest BCUT2D eigenvalue weighted by Gasteiger charge is 2.06. The first kappa shape index (κ1) is 15.5. The summed E-state index contributed by atoms with van der Waals surface area (Å²) in [6.45, 7) is 3.89. The minimum Gasteiger partial charge on any atom is -0.347 e. The molecule has 5 heteroatoms. The van der Waals surface area contributed by atoms with Crippen molar-refractivity contribution in [3.63, 3.8) is 0 Å². The molecule has 0 radical (unpaired) electrons. The van der Waals surface area contributed by atoms with Crippen molar-refractivity contribution in [2.75, 3.05) is 11.9 Å². The van der Waals surface area contributed by atoms with Gasteiger partial charge in [-0.15, -0.1) is 0 Å². The lowest BCUT2D eigenvalue weighted by Gasteiger charge is -2.08. The van der Waals surface area contributed by atoms with Crippen LogP contribution in [0, 0.1) is 6.92 Å². The van der Waals surface area contributed by atoms with Crippen molar-refractivity contribution in [1.82, 2.24) is 5.32 Å². The number of rotatable bonds is 6. The number of halogens is 1. The topological polar surface area (TPSA) is 58.2 Å². The number of hydrogen-bond acceptors (Lipinski definition) is 2. The zero-order chi connectivity index (χ0) is 14.3. The molecule has 1 rings (SSSR count). The summed E-state index contributed by atoms with van der Waals surface area (Å²) < 4.78 is 0. The highest BCUT2D eigenvalue weighted by atomic mass is 35.5. The van der Waals surface area contributed by atoms with E-state index >= 15 is 0 Å². The van der Waals surface area contributed by atoms with Gasteiger partial charge in [0.25, 0.3) is 0 Å². The van der Waals surface area contributed by atoms with Gasteiger partial charge in [-0.1, -0.05) is 31.0 Å². The third-order valence-electron chi connectivity index (χ3n) is 2.66. The number of benzene rings is 1. The van der Waals surface area contributed by atoms with Gasteiger partial charge in [-0.2, -0.15) is 0 Å². The van der Waals surface area contributed by atoms with Crippen LogP contribution in [0.1, 0.15) is 31.7 Å². The van der Waals surface area contributed by atoms with Gasteiger partial charge >= 0.3 is 0 Å². The Bertz CT molecular complexity index is 461. The summed E-state index contributed by atoms with van der Waals surface area (Å²) in [7, 11) is 0. The maximum Gasteiger partial charge on any atom is 0.243 e. The maximum absolute atomic E-state index is 11.6. The third kappa shape index (κ3) is 5.75. The molecule has 0 unspecified atom stereocenters. The summed E-state index contributed by atoms with van der Waals surface area (Å²) in [5.74, 6) is -0.358. The van der Waals surface area contributed by atoms with E-state index in [1.165, 1.54) is 0 Å². The minimum atomic E-state index is -0.259. The maximum atomic E-state index is 11.6. The molecule has 0 aliphatic heterocycles. The van der Waals surface area contributed by atoms with Gasteiger partial charge in [-0.3, -0.25) is 9.59 Å². The standard InChI is InChI=1S/C14H19ClN2O2/c1-3-4-5-13(18)16-9-14(19)17-11-7-6-10(2)12(15)8-11/h6-8H,3-5,9H2,1-2H3,(H,16,18)(H,17,19). The van der Waals surface area contributed by atoms with Crippen LogP contribution in [0.25, 0.3) is 0 Å². The molecule has 0 saturated heterocycles. The van der Waals surface area contributed by atoms with Gasteiger partial charge in [0.05, 0.1) is 6.54 Å². The Morgan fingerprint density at radius 1 is 1.26 bits per heavy atom. The van der Waals surface area contributed by atoms with Crippen LogP contribution < -0.4 is 10.6 Å². The van der Waals surface area contributed by atoms with Crippen LogP contribution in [-0.4, -0.2) is 18.4 Å². The fraction of sp³-hybridized carbons (Fsp3) is 0.429. The fourth-order valence-corrected chi connectivity index (χ4v) is 1.66. The Kier molecular flexibility index (Phi) is 6.36. The summed E-state index contributed by atoms with van der Waals surface area (Å²) in [5, 5.41) is 5.86. The summed E-state index contributed by atoms with van der Waals surface area (Å²) in [5.41, 5.74) is 1.58. The zero-order valence-electron chi connectivity index (χ0n) is 11.3. The molecular formula is C14H19ClN2O2. The van der Waals surface area contributed by atoms with E-state index < -0.39 is 0 Å². The molecule has 0 aliphatic rings. The van der Waals surface area contributed by atoms with Crippen LogP contribution in [0.3, 0.4) is 0 Å². The lowest BCUT2D eigenvalue weighted by molar-refractivity contribution is -0.124. The van der Waals surface area contributed by atoms with Crippen LogP contribution in [0.15, 0.2) is 18.2 Å². The number of hydrogen-bond donors (Lipinski definition) is 2.